The van der Waals surface area contributed by atoms with E-state index < -0.39 is 17.2 Å². The van der Waals surface area contributed by atoms with Gasteiger partial charge in [-0.3, -0.25) is 9.97 Å². The fourth-order valence-corrected chi connectivity index (χ4v) is 6.68. The summed E-state index contributed by atoms with van der Waals surface area (Å²) in [5, 5.41) is 0. The summed E-state index contributed by atoms with van der Waals surface area (Å²) >= 11 is 0. The molecule has 2 aromatic heterocycles. The predicted octanol–water partition coefficient (Wildman–Crippen LogP) is 6.71. The maximum Gasteiger partial charge on any atom is 0.410 e. The first kappa shape index (κ1) is 35.1. The lowest BCUT2D eigenvalue weighted by molar-refractivity contribution is 0.0205. The first-order valence-electron chi connectivity index (χ1n) is 17.7. The van der Waals surface area contributed by atoms with Gasteiger partial charge in [0.2, 0.25) is 0 Å². The lowest BCUT2D eigenvalue weighted by Gasteiger charge is -2.28. The number of nitrogens with zero attached hydrogens (tertiary/aromatic N) is 4. The molecule has 0 aliphatic heterocycles. The summed E-state index contributed by atoms with van der Waals surface area (Å²) in [5.41, 5.74) is 2.36. The second-order valence-electron chi connectivity index (χ2n) is 16.4. The minimum Gasteiger partial charge on any atom is -0.465 e. The zero-order valence-electron chi connectivity index (χ0n) is 30.0. The van der Waals surface area contributed by atoms with Crippen LogP contribution in [0.15, 0.2) is 36.9 Å². The Morgan fingerprint density at radius 2 is 1.33 bits per heavy atom. The highest BCUT2D eigenvalue weighted by Gasteiger charge is 2.50. The number of esters is 1. The molecule has 0 N–H and O–H groups in total. The average Bonchev–Trinajstić information content (AvgIpc) is 3.85. The Balaban J connectivity index is 1.01. The Morgan fingerprint density at radius 3 is 1.90 bits per heavy atom. The molecule has 11 nitrogen and oxygen atoms in total. The van der Waals surface area contributed by atoms with Crippen LogP contribution in [-0.2, 0) is 25.6 Å². The van der Waals surface area contributed by atoms with Crippen molar-refractivity contribution in [3.05, 3.63) is 59.2 Å². The molecule has 4 fully saturated rings. The van der Waals surface area contributed by atoms with Crippen LogP contribution in [0.3, 0.4) is 0 Å². The number of carbonyl (C=O) groups excluding carboxylic acids is 3. The van der Waals surface area contributed by atoms with Crippen molar-refractivity contribution in [2.24, 2.45) is 17.8 Å². The summed E-state index contributed by atoms with van der Waals surface area (Å²) in [5.74, 6) is 1.20. The van der Waals surface area contributed by atoms with E-state index in [1.807, 2.05) is 69.8 Å². The molecule has 6 atom stereocenters. The molecule has 4 aliphatic carbocycles. The van der Waals surface area contributed by atoms with Crippen molar-refractivity contribution < 1.29 is 33.3 Å². The third kappa shape index (κ3) is 9.50. The Kier molecular flexibility index (Phi) is 9.95. The first-order chi connectivity index (χ1) is 23.2. The minimum absolute atomic E-state index is 0.0118. The molecular formula is C38H52N4O7. The number of pyridine rings is 2. The van der Waals surface area contributed by atoms with Crippen molar-refractivity contribution >= 4 is 18.2 Å². The van der Waals surface area contributed by atoms with Gasteiger partial charge in [-0.1, -0.05) is 6.07 Å². The number of hydrogen-bond acceptors (Lipinski definition) is 9. The van der Waals surface area contributed by atoms with Crippen LogP contribution in [0.4, 0.5) is 9.59 Å². The lowest BCUT2D eigenvalue weighted by Crippen LogP contribution is -2.40. The number of carbonyl (C=O) groups is 3. The second-order valence-corrected chi connectivity index (χ2v) is 16.4. The van der Waals surface area contributed by atoms with Crippen LogP contribution in [0.2, 0.25) is 0 Å². The molecule has 0 aromatic carbocycles. The van der Waals surface area contributed by atoms with Gasteiger partial charge in [-0.05, 0) is 114 Å². The summed E-state index contributed by atoms with van der Waals surface area (Å²) in [6.45, 7) is 13.8. The molecule has 5 unspecified atom stereocenters. The largest absolute Gasteiger partial charge is 0.465 e. The number of ether oxygens (including phenoxy) is 4. The fourth-order valence-electron chi connectivity index (χ4n) is 6.68. The highest BCUT2D eigenvalue weighted by Crippen LogP contribution is 2.49. The van der Waals surface area contributed by atoms with E-state index in [0.717, 1.165) is 42.5 Å². The summed E-state index contributed by atoms with van der Waals surface area (Å²) < 4.78 is 22.6. The molecule has 0 bridgehead atoms. The zero-order chi connectivity index (χ0) is 35.1. The van der Waals surface area contributed by atoms with E-state index in [0.29, 0.717) is 43.1 Å². The Morgan fingerprint density at radius 1 is 0.755 bits per heavy atom. The average molecular weight is 677 g/mol. The minimum atomic E-state index is -0.605. The summed E-state index contributed by atoms with van der Waals surface area (Å²) in [4.78, 5) is 51.0. The number of amides is 2. The summed E-state index contributed by atoms with van der Waals surface area (Å²) in [6.07, 6.45) is 11.5. The zero-order valence-corrected chi connectivity index (χ0v) is 30.0. The maximum atomic E-state index is 13.4. The third-order valence-corrected chi connectivity index (χ3v) is 9.68. The normalized spacial score (nSPS) is 25.6. The van der Waals surface area contributed by atoms with Gasteiger partial charge in [0.05, 0.1) is 25.9 Å². The standard InChI is InChI=1S/C38H52N4O7/c1-37(2,3)48-35(44)41(19-23-8-9-23)32-13-30(32)25-10-24(15-39-16-25)21-47-22-29-12-28(29)20-42(36(45)49-38(4,5)6)33-14-31(33)26-11-27(18-40-17-26)34(43)46-7/h10-11,15-18,23,28-33H,8-9,12-14,19-22H2,1-7H3/t28?,29?,30?,31?,32-,33?/m0/s1. The van der Waals surface area contributed by atoms with Gasteiger partial charge >= 0.3 is 18.2 Å². The van der Waals surface area contributed by atoms with E-state index in [2.05, 4.69) is 16.0 Å². The Hall–Kier alpha value is -3.73. The van der Waals surface area contributed by atoms with Gasteiger partial charge in [-0.25, -0.2) is 14.4 Å². The number of rotatable bonds is 13. The van der Waals surface area contributed by atoms with Crippen molar-refractivity contribution in [2.75, 3.05) is 26.8 Å². The van der Waals surface area contributed by atoms with E-state index in [-0.39, 0.29) is 36.1 Å². The van der Waals surface area contributed by atoms with Crippen LogP contribution in [0.25, 0.3) is 0 Å². The highest BCUT2D eigenvalue weighted by atomic mass is 16.6. The van der Waals surface area contributed by atoms with Gasteiger partial charge in [0.15, 0.2) is 0 Å². The van der Waals surface area contributed by atoms with Crippen LogP contribution in [0.5, 0.6) is 0 Å². The molecule has 2 aromatic rings. The van der Waals surface area contributed by atoms with E-state index >= 15 is 0 Å². The van der Waals surface area contributed by atoms with Gasteiger partial charge < -0.3 is 28.7 Å². The van der Waals surface area contributed by atoms with Gasteiger partial charge in [-0.15, -0.1) is 0 Å². The molecule has 2 amide bonds. The second kappa shape index (κ2) is 13.9. The molecule has 11 heteroatoms. The summed E-state index contributed by atoms with van der Waals surface area (Å²) in [7, 11) is 1.35. The molecule has 2 heterocycles. The van der Waals surface area contributed by atoms with E-state index in [4.69, 9.17) is 18.9 Å². The monoisotopic (exact) mass is 676 g/mol. The van der Waals surface area contributed by atoms with Crippen LogP contribution >= 0.6 is 0 Å². The Labute approximate surface area is 290 Å². The predicted molar refractivity (Wildman–Crippen MR) is 182 cm³/mol. The van der Waals surface area contributed by atoms with Crippen molar-refractivity contribution in [1.29, 1.82) is 0 Å². The molecule has 4 aliphatic rings. The Bertz CT molecular complexity index is 1530. The number of aromatic nitrogens is 2. The van der Waals surface area contributed by atoms with Crippen molar-refractivity contribution in [2.45, 2.75) is 115 Å². The van der Waals surface area contributed by atoms with Crippen molar-refractivity contribution in [1.82, 2.24) is 19.8 Å². The first-order valence-corrected chi connectivity index (χ1v) is 17.7. The maximum absolute atomic E-state index is 13.4. The molecular weight excluding hydrogens is 624 g/mol. The van der Waals surface area contributed by atoms with E-state index in [1.165, 1.54) is 26.1 Å². The van der Waals surface area contributed by atoms with E-state index in [1.54, 1.807) is 6.20 Å². The van der Waals surface area contributed by atoms with Crippen LogP contribution in [0.1, 0.15) is 113 Å². The van der Waals surface area contributed by atoms with Crippen LogP contribution in [-0.4, -0.2) is 88.0 Å². The van der Waals surface area contributed by atoms with Crippen LogP contribution < -0.4 is 0 Å². The number of methoxy groups -OCH3 is 1. The van der Waals surface area contributed by atoms with Gasteiger partial charge in [0.1, 0.15) is 11.2 Å². The van der Waals surface area contributed by atoms with Gasteiger partial charge in [0, 0.05) is 61.8 Å². The highest BCUT2D eigenvalue weighted by molar-refractivity contribution is 5.89. The lowest BCUT2D eigenvalue weighted by atomic mass is 10.1. The quantitative estimate of drug-likeness (QED) is 0.168. The topological polar surface area (TPSA) is 120 Å². The fraction of sp³-hybridized carbons (Fsp3) is 0.658. The molecule has 266 valence electrons. The molecule has 6 rings (SSSR count). The summed E-state index contributed by atoms with van der Waals surface area (Å²) in [6, 6.07) is 4.10. The SMILES string of the molecule is COC(=O)c1cncc(C2CC2N(CC2CC2COCc2cncc(C3C[C@@H]3N(CC3CC3)C(=O)OC(C)(C)C)c2)C(=O)OC(C)(C)C)c1. The molecule has 49 heavy (non-hydrogen) atoms. The third-order valence-electron chi connectivity index (χ3n) is 9.68. The van der Waals surface area contributed by atoms with Gasteiger partial charge in [-0.2, -0.15) is 0 Å². The molecule has 0 radical (unpaired) electrons. The molecule has 0 saturated heterocycles. The smallest absolute Gasteiger partial charge is 0.410 e. The van der Waals surface area contributed by atoms with Crippen molar-refractivity contribution in [3.8, 4) is 0 Å². The van der Waals surface area contributed by atoms with Crippen molar-refractivity contribution in [3.63, 3.8) is 0 Å². The number of hydrogen-bond donors (Lipinski definition) is 0. The van der Waals surface area contributed by atoms with E-state index in [9.17, 15) is 14.4 Å². The molecule has 4 saturated carbocycles. The van der Waals surface area contributed by atoms with Crippen LogP contribution in [0, 0.1) is 17.8 Å². The van der Waals surface area contributed by atoms with Gasteiger partial charge in [0.25, 0.3) is 0 Å². The molecule has 0 spiro atoms.